The van der Waals surface area contributed by atoms with Gasteiger partial charge >= 0.3 is 0 Å². The quantitative estimate of drug-likeness (QED) is 0.192. The summed E-state index contributed by atoms with van der Waals surface area (Å²) in [5.74, 6) is 0.377. The lowest BCUT2D eigenvalue weighted by atomic mass is 10.2. The molecule has 0 spiro atoms. The topological polar surface area (TPSA) is 35.5 Å². The SMILES string of the molecule is CCCCC=C(C=O)OCOCC. The van der Waals surface area contributed by atoms with Gasteiger partial charge in [0.1, 0.15) is 0 Å². The number of aldehydes is 1. The minimum atomic E-state index is 0.160. The van der Waals surface area contributed by atoms with E-state index in [1.54, 1.807) is 6.08 Å². The number of unbranched alkanes of at least 4 members (excludes halogenated alkanes) is 2. The lowest BCUT2D eigenvalue weighted by Gasteiger charge is -2.04. The van der Waals surface area contributed by atoms with Gasteiger partial charge in [-0.05, 0) is 25.8 Å². The summed E-state index contributed by atoms with van der Waals surface area (Å²) in [5, 5.41) is 0. The summed E-state index contributed by atoms with van der Waals surface area (Å²) in [5.41, 5.74) is 0. The first-order chi connectivity index (χ1) is 6.35. The molecule has 76 valence electrons. The molecule has 0 saturated heterocycles. The highest BCUT2D eigenvalue weighted by atomic mass is 16.7. The van der Waals surface area contributed by atoms with E-state index < -0.39 is 0 Å². The number of ether oxygens (including phenoxy) is 2. The molecule has 0 aliphatic heterocycles. The Labute approximate surface area is 79.7 Å². The molecular formula is C10H18O3. The third-order valence-electron chi connectivity index (χ3n) is 1.53. The molecule has 13 heavy (non-hydrogen) atoms. The van der Waals surface area contributed by atoms with Crippen molar-refractivity contribution >= 4 is 6.29 Å². The molecule has 0 fully saturated rings. The lowest BCUT2D eigenvalue weighted by Crippen LogP contribution is -2.00. The number of carbonyl (C=O) groups excluding carboxylic acids is 1. The van der Waals surface area contributed by atoms with Crippen molar-refractivity contribution in [2.45, 2.75) is 33.1 Å². The van der Waals surface area contributed by atoms with Crippen molar-refractivity contribution in [1.29, 1.82) is 0 Å². The van der Waals surface area contributed by atoms with Crippen LogP contribution in [0.15, 0.2) is 11.8 Å². The molecule has 0 rings (SSSR count). The normalized spacial score (nSPS) is 11.4. The fraction of sp³-hybridized carbons (Fsp3) is 0.700. The van der Waals surface area contributed by atoms with Crippen LogP contribution in [0.2, 0.25) is 0 Å². The molecule has 0 radical (unpaired) electrons. The first-order valence-electron chi connectivity index (χ1n) is 4.71. The number of hydrogen-bond acceptors (Lipinski definition) is 3. The molecule has 0 bridgehead atoms. The number of hydrogen-bond donors (Lipinski definition) is 0. The van der Waals surface area contributed by atoms with Crippen molar-refractivity contribution in [1.82, 2.24) is 0 Å². The minimum absolute atomic E-state index is 0.160. The van der Waals surface area contributed by atoms with Gasteiger partial charge in [-0.15, -0.1) is 0 Å². The smallest absolute Gasteiger partial charge is 0.189 e. The molecule has 0 aromatic rings. The molecule has 0 N–H and O–H groups in total. The Bertz CT molecular complexity index is 152. The summed E-state index contributed by atoms with van der Waals surface area (Å²) >= 11 is 0. The van der Waals surface area contributed by atoms with Crippen molar-refractivity contribution in [3.63, 3.8) is 0 Å². The maximum Gasteiger partial charge on any atom is 0.189 e. The van der Waals surface area contributed by atoms with Gasteiger partial charge in [0.05, 0.1) is 0 Å². The van der Waals surface area contributed by atoms with E-state index in [-0.39, 0.29) is 6.79 Å². The van der Waals surface area contributed by atoms with Crippen molar-refractivity contribution in [2.75, 3.05) is 13.4 Å². The van der Waals surface area contributed by atoms with Crippen molar-refractivity contribution in [2.24, 2.45) is 0 Å². The summed E-state index contributed by atoms with van der Waals surface area (Å²) < 4.78 is 10.00. The van der Waals surface area contributed by atoms with E-state index >= 15 is 0 Å². The van der Waals surface area contributed by atoms with E-state index in [9.17, 15) is 4.79 Å². The molecule has 0 saturated carbocycles. The number of allylic oxidation sites excluding steroid dienone is 2. The Balaban J connectivity index is 3.60. The van der Waals surface area contributed by atoms with Crippen LogP contribution in [0.5, 0.6) is 0 Å². The second kappa shape index (κ2) is 9.26. The summed E-state index contributed by atoms with van der Waals surface area (Å²) in [6.45, 7) is 4.74. The summed E-state index contributed by atoms with van der Waals surface area (Å²) in [6.07, 6.45) is 5.60. The molecule has 0 heterocycles. The average molecular weight is 186 g/mol. The molecular weight excluding hydrogens is 168 g/mol. The third-order valence-corrected chi connectivity index (χ3v) is 1.53. The van der Waals surface area contributed by atoms with E-state index in [1.165, 1.54) is 0 Å². The summed E-state index contributed by atoms with van der Waals surface area (Å²) in [6, 6.07) is 0. The Kier molecular flexibility index (Phi) is 8.67. The summed E-state index contributed by atoms with van der Waals surface area (Å²) in [7, 11) is 0. The number of rotatable bonds is 8. The fourth-order valence-electron chi connectivity index (χ4n) is 0.783. The first-order valence-corrected chi connectivity index (χ1v) is 4.71. The monoisotopic (exact) mass is 186 g/mol. The Hall–Kier alpha value is -0.830. The summed E-state index contributed by atoms with van der Waals surface area (Å²) in [4.78, 5) is 10.4. The van der Waals surface area contributed by atoms with Crippen molar-refractivity contribution < 1.29 is 14.3 Å². The second-order valence-corrected chi connectivity index (χ2v) is 2.62. The van der Waals surface area contributed by atoms with Gasteiger partial charge in [0.25, 0.3) is 0 Å². The van der Waals surface area contributed by atoms with E-state index in [4.69, 9.17) is 9.47 Å². The fourth-order valence-corrected chi connectivity index (χ4v) is 0.783. The van der Waals surface area contributed by atoms with Crippen LogP contribution in [0.25, 0.3) is 0 Å². The molecule has 0 unspecified atom stereocenters. The van der Waals surface area contributed by atoms with E-state index in [0.717, 1.165) is 19.3 Å². The van der Waals surface area contributed by atoms with Crippen molar-refractivity contribution in [3.05, 3.63) is 11.8 Å². The number of carbonyl (C=O) groups is 1. The lowest BCUT2D eigenvalue weighted by molar-refractivity contribution is -0.110. The highest BCUT2D eigenvalue weighted by Gasteiger charge is 1.94. The van der Waals surface area contributed by atoms with Crippen LogP contribution in [0.3, 0.4) is 0 Å². The second-order valence-electron chi connectivity index (χ2n) is 2.62. The average Bonchev–Trinajstić information content (AvgIpc) is 2.16. The molecule has 0 aromatic carbocycles. The molecule has 0 aliphatic rings. The maximum atomic E-state index is 10.4. The molecule has 3 heteroatoms. The van der Waals surface area contributed by atoms with E-state index in [1.807, 2.05) is 6.92 Å². The predicted octanol–water partition coefficient (Wildman–Crippen LogP) is 2.27. The van der Waals surface area contributed by atoms with Gasteiger partial charge in [0, 0.05) is 6.61 Å². The highest BCUT2D eigenvalue weighted by molar-refractivity contribution is 5.69. The van der Waals surface area contributed by atoms with Gasteiger partial charge in [-0.3, -0.25) is 4.79 Å². The van der Waals surface area contributed by atoms with Gasteiger partial charge in [-0.1, -0.05) is 13.3 Å². The van der Waals surface area contributed by atoms with E-state index in [0.29, 0.717) is 18.7 Å². The van der Waals surface area contributed by atoms with Crippen LogP contribution in [0, 0.1) is 0 Å². The minimum Gasteiger partial charge on any atom is -0.464 e. The third kappa shape index (κ3) is 7.53. The van der Waals surface area contributed by atoms with E-state index in [2.05, 4.69) is 6.92 Å². The predicted molar refractivity (Wildman–Crippen MR) is 51.3 cm³/mol. The zero-order valence-electron chi connectivity index (χ0n) is 8.41. The van der Waals surface area contributed by atoms with Crippen molar-refractivity contribution in [3.8, 4) is 0 Å². The molecule has 0 aliphatic carbocycles. The van der Waals surface area contributed by atoms with Crippen LogP contribution in [0.1, 0.15) is 33.1 Å². The highest BCUT2D eigenvalue weighted by Crippen LogP contribution is 2.00. The van der Waals surface area contributed by atoms with Crippen LogP contribution >= 0.6 is 0 Å². The van der Waals surface area contributed by atoms with Crippen LogP contribution in [-0.2, 0) is 14.3 Å². The van der Waals surface area contributed by atoms with Crippen LogP contribution in [-0.4, -0.2) is 19.7 Å². The van der Waals surface area contributed by atoms with Crippen LogP contribution < -0.4 is 0 Å². The van der Waals surface area contributed by atoms with Gasteiger partial charge < -0.3 is 9.47 Å². The van der Waals surface area contributed by atoms with Gasteiger partial charge in [-0.2, -0.15) is 0 Å². The standard InChI is InChI=1S/C10H18O3/c1-3-5-6-7-10(8-11)13-9-12-4-2/h7-8H,3-6,9H2,1-2H3. The van der Waals surface area contributed by atoms with Gasteiger partial charge in [0.2, 0.25) is 0 Å². The Morgan fingerprint density at radius 1 is 1.38 bits per heavy atom. The Morgan fingerprint density at radius 3 is 2.69 bits per heavy atom. The zero-order valence-corrected chi connectivity index (χ0v) is 8.41. The molecule has 3 nitrogen and oxygen atoms in total. The zero-order chi connectivity index (χ0) is 9.94. The molecule has 0 aromatic heterocycles. The van der Waals surface area contributed by atoms with Crippen LogP contribution in [0.4, 0.5) is 0 Å². The van der Waals surface area contributed by atoms with Gasteiger partial charge in [0.15, 0.2) is 18.8 Å². The van der Waals surface area contributed by atoms with Gasteiger partial charge in [-0.25, -0.2) is 0 Å². The molecule has 0 atom stereocenters. The maximum absolute atomic E-state index is 10.4. The molecule has 0 amide bonds. The Morgan fingerprint density at radius 2 is 2.15 bits per heavy atom. The largest absolute Gasteiger partial charge is 0.464 e. The first kappa shape index (κ1) is 12.2.